The molecule has 14 heteroatoms. The first-order chi connectivity index (χ1) is 13.7. The number of nitrogens with one attached hydrogen (secondary N) is 1. The minimum absolute atomic E-state index is 0.00975. The van der Waals surface area contributed by atoms with Gasteiger partial charge in [0.1, 0.15) is 11.4 Å². The fraction of sp³-hybridized carbons (Fsp3) is 0.312. The van der Waals surface area contributed by atoms with Crippen molar-refractivity contribution >= 4 is 26.7 Å². The molecule has 164 valence electrons. The van der Waals surface area contributed by atoms with E-state index < -0.39 is 60.0 Å². The van der Waals surface area contributed by atoms with E-state index in [4.69, 9.17) is 4.74 Å². The van der Waals surface area contributed by atoms with E-state index in [1.54, 1.807) is 0 Å². The Morgan fingerprint density at radius 2 is 1.87 bits per heavy atom. The summed E-state index contributed by atoms with van der Waals surface area (Å²) in [4.78, 5) is 2.29. The van der Waals surface area contributed by atoms with Gasteiger partial charge in [-0.15, -0.1) is 13.2 Å². The van der Waals surface area contributed by atoms with Gasteiger partial charge in [-0.1, -0.05) is 6.92 Å². The number of anilines is 1. The SMILES string of the molecule is CCS(=O)(=O)c1cc(C(F)(F)F)cnc1C1Nc2cc([S+]([O-])C(F)(F)F)ccc2O1. The van der Waals surface area contributed by atoms with E-state index in [1.165, 1.54) is 6.92 Å². The van der Waals surface area contributed by atoms with E-state index >= 15 is 0 Å². The van der Waals surface area contributed by atoms with Crippen molar-refractivity contribution in [3.05, 3.63) is 41.7 Å². The number of pyridine rings is 1. The summed E-state index contributed by atoms with van der Waals surface area (Å²) in [7, 11) is -4.16. The smallest absolute Gasteiger partial charge is 0.578 e. The Kier molecular flexibility index (Phi) is 5.62. The zero-order valence-electron chi connectivity index (χ0n) is 14.8. The lowest BCUT2D eigenvalue weighted by molar-refractivity contribution is -0.138. The molecule has 0 spiro atoms. The lowest BCUT2D eigenvalue weighted by Gasteiger charge is -2.17. The minimum Gasteiger partial charge on any atom is -0.604 e. The molecule has 1 N–H and O–H groups in total. The maximum atomic E-state index is 13.0. The Bertz CT molecular complexity index is 1070. The van der Waals surface area contributed by atoms with Crippen LogP contribution >= 0.6 is 0 Å². The van der Waals surface area contributed by atoms with E-state index in [9.17, 15) is 39.3 Å². The predicted octanol–water partition coefficient (Wildman–Crippen LogP) is 4.02. The van der Waals surface area contributed by atoms with Gasteiger partial charge in [-0.2, -0.15) is 13.2 Å². The Labute approximate surface area is 169 Å². The Morgan fingerprint density at radius 1 is 1.20 bits per heavy atom. The molecule has 2 atom stereocenters. The van der Waals surface area contributed by atoms with Gasteiger partial charge in [0.15, 0.2) is 14.7 Å². The number of rotatable bonds is 4. The first-order valence-corrected chi connectivity index (χ1v) is 10.9. The molecule has 0 saturated heterocycles. The molecule has 1 aliphatic rings. The van der Waals surface area contributed by atoms with Crippen molar-refractivity contribution in [1.29, 1.82) is 0 Å². The molecule has 0 bridgehead atoms. The summed E-state index contributed by atoms with van der Waals surface area (Å²) < 4.78 is 119. The molecule has 2 heterocycles. The highest BCUT2D eigenvalue weighted by Gasteiger charge is 2.46. The van der Waals surface area contributed by atoms with Crippen LogP contribution in [0.4, 0.5) is 32.0 Å². The first-order valence-electron chi connectivity index (χ1n) is 8.10. The van der Waals surface area contributed by atoms with Gasteiger partial charge in [-0.05, 0) is 18.2 Å². The highest BCUT2D eigenvalue weighted by Crippen LogP contribution is 2.42. The zero-order chi connectivity index (χ0) is 22.5. The highest BCUT2D eigenvalue weighted by molar-refractivity contribution is 7.92. The number of hydrogen-bond acceptors (Lipinski definition) is 6. The third-order valence-electron chi connectivity index (χ3n) is 4.08. The summed E-state index contributed by atoms with van der Waals surface area (Å²) in [6.45, 7) is 1.23. The monoisotopic (exact) mass is 474 g/mol. The van der Waals surface area contributed by atoms with Gasteiger partial charge < -0.3 is 14.6 Å². The van der Waals surface area contributed by atoms with Crippen LogP contribution in [-0.2, 0) is 27.2 Å². The molecular formula is C16H12F6N2O4S2. The van der Waals surface area contributed by atoms with Crippen LogP contribution in [0, 0.1) is 0 Å². The number of ether oxygens (including phenoxy) is 1. The number of benzene rings is 1. The highest BCUT2D eigenvalue weighted by atomic mass is 32.2. The van der Waals surface area contributed by atoms with Crippen LogP contribution < -0.4 is 10.1 Å². The van der Waals surface area contributed by atoms with Gasteiger partial charge in [-0.3, -0.25) is 4.98 Å². The molecule has 0 saturated carbocycles. The van der Waals surface area contributed by atoms with Crippen molar-refractivity contribution in [3.63, 3.8) is 0 Å². The molecule has 1 aromatic heterocycles. The summed E-state index contributed by atoms with van der Waals surface area (Å²) in [5.74, 6) is -0.526. The Morgan fingerprint density at radius 3 is 2.43 bits per heavy atom. The Hall–Kier alpha value is -2.19. The van der Waals surface area contributed by atoms with Crippen LogP contribution in [0.15, 0.2) is 40.3 Å². The number of fused-ring (bicyclic) bond motifs is 1. The van der Waals surface area contributed by atoms with E-state index in [0.29, 0.717) is 12.3 Å². The van der Waals surface area contributed by atoms with Gasteiger partial charge in [0.2, 0.25) is 6.23 Å². The van der Waals surface area contributed by atoms with Crippen molar-refractivity contribution in [3.8, 4) is 5.75 Å². The largest absolute Gasteiger partial charge is 0.604 e. The summed E-state index contributed by atoms with van der Waals surface area (Å²) in [6, 6.07) is 3.33. The number of aromatic nitrogens is 1. The average Bonchev–Trinajstić information content (AvgIpc) is 3.08. The average molecular weight is 474 g/mol. The number of alkyl halides is 6. The lowest BCUT2D eigenvalue weighted by Crippen LogP contribution is -2.23. The van der Waals surface area contributed by atoms with Crippen molar-refractivity contribution in [1.82, 2.24) is 4.98 Å². The standard InChI is InChI=1S/C16H12F6N2O4S2/c1-2-30(26,27)12-5-8(15(17,18)19)7-23-13(12)14-24-10-6-9(3-4-11(10)28-14)29(25)16(20,21)22/h3-7,14,24H,2H2,1H3. The molecular weight excluding hydrogens is 462 g/mol. The van der Waals surface area contributed by atoms with Gasteiger partial charge in [0.05, 0.1) is 33.1 Å². The molecule has 0 aliphatic carbocycles. The molecule has 2 unspecified atom stereocenters. The first kappa shape index (κ1) is 22.5. The van der Waals surface area contributed by atoms with Crippen LogP contribution in [0.5, 0.6) is 5.75 Å². The van der Waals surface area contributed by atoms with Gasteiger partial charge in [0, 0.05) is 12.3 Å². The van der Waals surface area contributed by atoms with E-state index in [0.717, 1.165) is 18.2 Å². The van der Waals surface area contributed by atoms with E-state index in [1.807, 2.05) is 0 Å². The zero-order valence-corrected chi connectivity index (χ0v) is 16.5. The fourth-order valence-corrected chi connectivity index (χ4v) is 4.39. The van der Waals surface area contributed by atoms with E-state index in [2.05, 4.69) is 10.3 Å². The topological polar surface area (TPSA) is 91.4 Å². The second kappa shape index (κ2) is 7.50. The predicted molar refractivity (Wildman–Crippen MR) is 92.9 cm³/mol. The molecule has 1 aromatic carbocycles. The molecule has 2 aromatic rings. The fourth-order valence-electron chi connectivity index (χ4n) is 2.61. The molecule has 3 rings (SSSR count). The summed E-state index contributed by atoms with van der Waals surface area (Å²) in [5, 5.41) is 2.56. The number of hydrogen-bond donors (Lipinski definition) is 1. The van der Waals surface area contributed by atoms with Crippen LogP contribution in [0.2, 0.25) is 0 Å². The van der Waals surface area contributed by atoms with Gasteiger partial charge in [-0.25, -0.2) is 8.42 Å². The Balaban J connectivity index is 2.00. The van der Waals surface area contributed by atoms with Crippen molar-refractivity contribution < 1.29 is 44.0 Å². The molecule has 30 heavy (non-hydrogen) atoms. The lowest BCUT2D eigenvalue weighted by atomic mass is 10.2. The van der Waals surface area contributed by atoms with Crippen LogP contribution in [0.3, 0.4) is 0 Å². The molecule has 0 radical (unpaired) electrons. The molecule has 1 aliphatic heterocycles. The summed E-state index contributed by atoms with van der Waals surface area (Å²) >= 11 is -3.31. The number of halogens is 6. The summed E-state index contributed by atoms with van der Waals surface area (Å²) in [6.07, 6.45) is -5.79. The normalized spacial score (nSPS) is 17.8. The van der Waals surface area contributed by atoms with Crippen LogP contribution in [0.25, 0.3) is 0 Å². The maximum absolute atomic E-state index is 13.0. The number of sulfone groups is 1. The van der Waals surface area contributed by atoms with E-state index in [-0.39, 0.29) is 17.1 Å². The van der Waals surface area contributed by atoms with Crippen molar-refractivity contribution in [2.45, 2.75) is 34.6 Å². The maximum Gasteiger partial charge on any atom is 0.578 e. The molecule has 0 fully saturated rings. The van der Waals surface area contributed by atoms with Crippen LogP contribution in [0.1, 0.15) is 24.4 Å². The minimum atomic E-state index is -5.00. The number of nitrogens with zero attached hydrogens (tertiary/aromatic N) is 1. The van der Waals surface area contributed by atoms with Gasteiger partial charge in [0.25, 0.3) is 0 Å². The second-order valence-electron chi connectivity index (χ2n) is 6.02. The summed E-state index contributed by atoms with van der Waals surface area (Å²) in [5.41, 5.74) is -6.71. The quantitative estimate of drug-likeness (QED) is 0.532. The van der Waals surface area contributed by atoms with Crippen molar-refractivity contribution in [2.75, 3.05) is 11.1 Å². The third kappa shape index (κ3) is 4.30. The molecule has 6 nitrogen and oxygen atoms in total. The third-order valence-corrected chi connectivity index (χ3v) is 6.94. The van der Waals surface area contributed by atoms with Crippen molar-refractivity contribution in [2.24, 2.45) is 0 Å². The second-order valence-corrected chi connectivity index (χ2v) is 9.74. The van der Waals surface area contributed by atoms with Gasteiger partial charge >= 0.3 is 11.7 Å². The van der Waals surface area contributed by atoms with Crippen LogP contribution in [-0.4, -0.2) is 29.2 Å². The molecule has 0 amide bonds.